The first-order valence-electron chi connectivity index (χ1n) is 8.39. The van der Waals surface area contributed by atoms with Crippen molar-refractivity contribution < 1.29 is 18.0 Å². The maximum atomic E-state index is 12.7. The first-order chi connectivity index (χ1) is 14.2. The van der Waals surface area contributed by atoms with E-state index in [0.717, 1.165) is 18.0 Å². The van der Waals surface area contributed by atoms with Crippen molar-refractivity contribution in [1.82, 2.24) is 20.4 Å². The Bertz CT molecular complexity index is 1090. The normalized spacial score (nSPS) is 11.1. The molecule has 12 heteroatoms. The largest absolute Gasteiger partial charge is 0.417 e. The summed E-state index contributed by atoms with van der Waals surface area (Å²) in [5.41, 5.74) is 11.3. The molecule has 156 valence electrons. The molecule has 3 aromatic rings. The van der Waals surface area contributed by atoms with Gasteiger partial charge in [-0.3, -0.25) is 15.6 Å². The number of nitrogens with two attached hydrogens (primary N) is 1. The Hall–Kier alpha value is -3.60. The van der Waals surface area contributed by atoms with Gasteiger partial charge in [0.25, 0.3) is 5.91 Å². The molecule has 2 heterocycles. The van der Waals surface area contributed by atoms with Crippen molar-refractivity contribution in [3.05, 3.63) is 64.6 Å². The maximum absolute atomic E-state index is 12.7. The van der Waals surface area contributed by atoms with Gasteiger partial charge in [-0.25, -0.2) is 15.0 Å². The second kappa shape index (κ2) is 8.41. The Balaban J connectivity index is 1.75. The fraction of sp³-hybridized carbons (Fsp3) is 0.111. The van der Waals surface area contributed by atoms with Crippen LogP contribution in [0, 0.1) is 6.92 Å². The lowest BCUT2D eigenvalue weighted by Gasteiger charge is -2.14. The highest BCUT2D eigenvalue weighted by Crippen LogP contribution is 2.34. The Morgan fingerprint density at radius 2 is 1.80 bits per heavy atom. The molecule has 30 heavy (non-hydrogen) atoms. The Labute approximate surface area is 173 Å². The Morgan fingerprint density at radius 1 is 1.10 bits per heavy atom. The molecule has 0 atom stereocenters. The van der Waals surface area contributed by atoms with E-state index in [-0.39, 0.29) is 28.2 Å². The lowest BCUT2D eigenvalue weighted by Crippen LogP contribution is -2.31. The number of hydrogen-bond acceptors (Lipinski definition) is 7. The minimum absolute atomic E-state index is 0.0136. The van der Waals surface area contributed by atoms with E-state index in [9.17, 15) is 18.0 Å². The highest BCUT2D eigenvalue weighted by Gasteiger charge is 2.31. The predicted octanol–water partition coefficient (Wildman–Crippen LogP) is 3.93. The fourth-order valence-electron chi connectivity index (χ4n) is 2.40. The van der Waals surface area contributed by atoms with Crippen LogP contribution in [0.25, 0.3) is 0 Å². The third kappa shape index (κ3) is 4.69. The van der Waals surface area contributed by atoms with Gasteiger partial charge in [0, 0.05) is 11.8 Å². The summed E-state index contributed by atoms with van der Waals surface area (Å²) in [5, 5.41) is 2.38. The third-order valence-electron chi connectivity index (χ3n) is 3.97. The van der Waals surface area contributed by atoms with E-state index in [1.54, 1.807) is 31.2 Å². The number of alkyl halides is 3. The summed E-state index contributed by atoms with van der Waals surface area (Å²) in [6.07, 6.45) is -2.80. The van der Waals surface area contributed by atoms with Crippen molar-refractivity contribution in [2.75, 3.05) is 16.5 Å². The molecule has 0 aliphatic carbocycles. The Morgan fingerprint density at radius 3 is 2.47 bits per heavy atom. The predicted molar refractivity (Wildman–Crippen MR) is 106 cm³/mol. The van der Waals surface area contributed by atoms with E-state index in [0.29, 0.717) is 11.8 Å². The van der Waals surface area contributed by atoms with Crippen LogP contribution >= 0.6 is 11.6 Å². The summed E-state index contributed by atoms with van der Waals surface area (Å²) < 4.78 is 38.2. The molecule has 2 aromatic heterocycles. The van der Waals surface area contributed by atoms with Crippen LogP contribution in [0.4, 0.5) is 36.3 Å². The van der Waals surface area contributed by atoms with Crippen LogP contribution in [0.1, 0.15) is 21.5 Å². The van der Waals surface area contributed by atoms with Crippen molar-refractivity contribution in [3.8, 4) is 0 Å². The standard InChI is InChI=1S/C18H15ClF3N7O/c1-9-4-2-3-5-11(9)17(30)29-28-16-13(23)15(25-8-26-16)27-14-12(19)6-10(7-24-14)18(20,21)22/h2-8H,23H2,1H3,(H,29,30)(H2,24,25,26,27,28). The van der Waals surface area contributed by atoms with Gasteiger partial charge in [0.1, 0.15) is 17.8 Å². The number of carbonyl (C=O) groups excluding carboxylic acids is 1. The van der Waals surface area contributed by atoms with Crippen LogP contribution in [0.15, 0.2) is 42.9 Å². The molecular weight excluding hydrogens is 423 g/mol. The minimum atomic E-state index is -4.57. The number of nitrogens with one attached hydrogen (secondary N) is 3. The van der Waals surface area contributed by atoms with Crippen molar-refractivity contribution in [2.45, 2.75) is 13.1 Å². The lowest BCUT2D eigenvalue weighted by molar-refractivity contribution is -0.137. The molecule has 0 aliphatic rings. The van der Waals surface area contributed by atoms with E-state index >= 15 is 0 Å². The highest BCUT2D eigenvalue weighted by atomic mass is 35.5. The number of aryl methyl sites for hydroxylation is 1. The number of hydrogen-bond donors (Lipinski definition) is 4. The first-order valence-corrected chi connectivity index (χ1v) is 8.77. The average molecular weight is 438 g/mol. The van der Waals surface area contributed by atoms with E-state index < -0.39 is 17.6 Å². The van der Waals surface area contributed by atoms with E-state index in [4.69, 9.17) is 17.3 Å². The van der Waals surface area contributed by atoms with E-state index in [2.05, 4.69) is 31.1 Å². The van der Waals surface area contributed by atoms with Gasteiger partial charge in [-0.15, -0.1) is 0 Å². The zero-order chi connectivity index (χ0) is 21.9. The van der Waals surface area contributed by atoms with Crippen LogP contribution < -0.4 is 21.9 Å². The number of nitrogen functional groups attached to an aromatic ring is 1. The quantitative estimate of drug-likeness (QED) is 0.446. The molecule has 0 unspecified atom stereocenters. The van der Waals surface area contributed by atoms with Crippen LogP contribution in [-0.2, 0) is 6.18 Å². The summed E-state index contributed by atoms with van der Waals surface area (Å²) in [5.74, 6) is -0.387. The number of halogens is 4. The molecule has 0 saturated carbocycles. The molecule has 0 bridgehead atoms. The van der Waals surface area contributed by atoms with Gasteiger partial charge < -0.3 is 11.1 Å². The number of hydrazine groups is 1. The van der Waals surface area contributed by atoms with Crippen LogP contribution in [0.2, 0.25) is 5.02 Å². The maximum Gasteiger partial charge on any atom is 0.417 e. The molecule has 8 nitrogen and oxygen atoms in total. The SMILES string of the molecule is Cc1ccccc1C(=O)NNc1ncnc(Nc2ncc(C(F)(F)F)cc2Cl)c1N. The van der Waals surface area contributed by atoms with Crippen molar-refractivity contribution in [1.29, 1.82) is 0 Å². The smallest absolute Gasteiger partial charge is 0.393 e. The van der Waals surface area contributed by atoms with Gasteiger partial charge in [-0.2, -0.15) is 13.2 Å². The number of carbonyl (C=O) groups is 1. The summed E-state index contributed by atoms with van der Waals surface area (Å²) in [6.45, 7) is 1.79. The number of nitrogens with zero attached hydrogens (tertiary/aromatic N) is 3. The molecule has 1 amide bonds. The minimum Gasteiger partial charge on any atom is -0.393 e. The summed E-state index contributed by atoms with van der Waals surface area (Å²) in [4.78, 5) is 23.8. The summed E-state index contributed by atoms with van der Waals surface area (Å²) >= 11 is 5.88. The van der Waals surface area contributed by atoms with Gasteiger partial charge in [0.05, 0.1) is 10.6 Å². The van der Waals surface area contributed by atoms with Gasteiger partial charge in [-0.1, -0.05) is 29.8 Å². The molecule has 0 fully saturated rings. The average Bonchev–Trinajstić information content (AvgIpc) is 2.69. The number of benzene rings is 1. The second-order valence-corrected chi connectivity index (χ2v) is 6.46. The second-order valence-electron chi connectivity index (χ2n) is 6.06. The third-order valence-corrected chi connectivity index (χ3v) is 4.26. The van der Waals surface area contributed by atoms with Crippen LogP contribution in [0.3, 0.4) is 0 Å². The van der Waals surface area contributed by atoms with Gasteiger partial charge in [-0.05, 0) is 24.6 Å². The molecule has 5 N–H and O–H groups in total. The van der Waals surface area contributed by atoms with E-state index in [1.165, 1.54) is 0 Å². The van der Waals surface area contributed by atoms with Crippen molar-refractivity contribution in [2.24, 2.45) is 0 Å². The molecule has 0 radical (unpaired) electrons. The molecule has 0 spiro atoms. The fourth-order valence-corrected chi connectivity index (χ4v) is 2.62. The Kier molecular flexibility index (Phi) is 5.92. The highest BCUT2D eigenvalue weighted by molar-refractivity contribution is 6.33. The molecule has 0 saturated heterocycles. The van der Waals surface area contributed by atoms with Crippen molar-refractivity contribution >= 4 is 40.6 Å². The number of rotatable bonds is 5. The monoisotopic (exact) mass is 437 g/mol. The van der Waals surface area contributed by atoms with Gasteiger partial charge in [0.15, 0.2) is 11.6 Å². The summed E-state index contributed by atoms with van der Waals surface area (Å²) in [6, 6.07) is 7.71. The number of aromatic nitrogens is 3. The molecule has 0 aliphatic heterocycles. The van der Waals surface area contributed by atoms with Gasteiger partial charge >= 0.3 is 6.18 Å². The summed E-state index contributed by atoms with van der Waals surface area (Å²) in [7, 11) is 0. The van der Waals surface area contributed by atoms with Crippen LogP contribution in [0.5, 0.6) is 0 Å². The zero-order valence-electron chi connectivity index (χ0n) is 15.4. The molecular formula is C18H15ClF3N7O. The lowest BCUT2D eigenvalue weighted by atomic mass is 10.1. The first kappa shape index (κ1) is 21.1. The molecule has 3 rings (SSSR count). The zero-order valence-corrected chi connectivity index (χ0v) is 16.1. The number of pyridine rings is 1. The van der Waals surface area contributed by atoms with Crippen molar-refractivity contribution in [3.63, 3.8) is 0 Å². The molecule has 1 aromatic carbocycles. The van der Waals surface area contributed by atoms with Crippen LogP contribution in [-0.4, -0.2) is 20.9 Å². The van der Waals surface area contributed by atoms with E-state index in [1.807, 2.05) is 0 Å². The topological polar surface area (TPSA) is 118 Å². The van der Waals surface area contributed by atoms with Gasteiger partial charge in [0.2, 0.25) is 0 Å². The number of anilines is 4. The number of amides is 1.